The van der Waals surface area contributed by atoms with Crippen LogP contribution in [0.4, 0.5) is 11.4 Å². The number of anilines is 1. The average Bonchev–Trinajstić information content (AvgIpc) is 3.24. The van der Waals surface area contributed by atoms with Gasteiger partial charge in [0.2, 0.25) is 15.8 Å². The predicted octanol–water partition coefficient (Wildman–Crippen LogP) is 2.69. The molecule has 0 radical (unpaired) electrons. The minimum atomic E-state index is -3.86. The van der Waals surface area contributed by atoms with Crippen molar-refractivity contribution >= 4 is 33.3 Å². The van der Waals surface area contributed by atoms with Gasteiger partial charge in [-0.1, -0.05) is 0 Å². The van der Waals surface area contributed by atoms with Crippen molar-refractivity contribution < 1.29 is 32.1 Å². The van der Waals surface area contributed by atoms with Gasteiger partial charge in [0.05, 0.1) is 9.82 Å². The molecule has 0 aliphatic heterocycles. The Bertz CT molecular complexity index is 1260. The molecule has 0 bridgehead atoms. The number of carbonyl (C=O) groups is 2. The number of benzene rings is 2. The van der Waals surface area contributed by atoms with Crippen molar-refractivity contribution in [3.05, 3.63) is 76.5 Å². The molecule has 1 heterocycles. The highest BCUT2D eigenvalue weighted by Gasteiger charge is 2.22. The van der Waals surface area contributed by atoms with E-state index in [2.05, 4.69) is 5.32 Å². The van der Waals surface area contributed by atoms with Gasteiger partial charge in [-0.15, -0.1) is 0 Å². The quantitative estimate of drug-likeness (QED) is 0.308. The molecule has 1 atom stereocenters. The van der Waals surface area contributed by atoms with Gasteiger partial charge >= 0.3 is 5.97 Å². The number of sulfonamides is 1. The molecule has 0 aliphatic rings. The van der Waals surface area contributed by atoms with E-state index in [0.29, 0.717) is 11.3 Å². The van der Waals surface area contributed by atoms with Crippen molar-refractivity contribution in [1.82, 2.24) is 0 Å². The number of furan rings is 1. The third-order valence-electron chi connectivity index (χ3n) is 4.27. The normalized spacial score (nSPS) is 12.1. The third-order valence-corrected chi connectivity index (χ3v) is 5.20. The molecule has 11 nitrogen and oxygen atoms in total. The number of esters is 1. The Kier molecular flexibility index (Phi) is 6.37. The number of hydrogen-bond donors (Lipinski definition) is 2. The summed E-state index contributed by atoms with van der Waals surface area (Å²) in [6.45, 7) is 1.35. The van der Waals surface area contributed by atoms with E-state index >= 15 is 0 Å². The van der Waals surface area contributed by atoms with Gasteiger partial charge in [-0.2, -0.15) is 0 Å². The molecule has 1 aromatic heterocycles. The third kappa shape index (κ3) is 5.36. The van der Waals surface area contributed by atoms with Crippen molar-refractivity contribution in [3.63, 3.8) is 0 Å². The lowest BCUT2D eigenvalue weighted by Crippen LogP contribution is -2.29. The molecule has 0 saturated heterocycles. The van der Waals surface area contributed by atoms with E-state index in [9.17, 15) is 28.1 Å². The number of nitrogens with one attached hydrogen (secondary N) is 1. The molecule has 3 rings (SSSR count). The number of primary sulfonamides is 1. The van der Waals surface area contributed by atoms with Gasteiger partial charge in [-0.3, -0.25) is 14.9 Å². The van der Waals surface area contributed by atoms with Crippen molar-refractivity contribution in [3.8, 4) is 11.3 Å². The molecule has 12 heteroatoms. The summed E-state index contributed by atoms with van der Waals surface area (Å²) in [6.07, 6.45) is -1.19. The topological polar surface area (TPSA) is 172 Å². The first-order valence-corrected chi connectivity index (χ1v) is 10.6. The Morgan fingerprint density at radius 2 is 1.69 bits per heavy atom. The van der Waals surface area contributed by atoms with Gasteiger partial charge in [0, 0.05) is 23.4 Å². The molecule has 3 aromatic rings. The molecule has 0 saturated carbocycles. The summed E-state index contributed by atoms with van der Waals surface area (Å²) < 4.78 is 33.1. The molecule has 166 valence electrons. The average molecular weight is 459 g/mol. The SMILES string of the molecule is C[C@@H](OC(=O)c1ccc(-c2ccc([N+](=O)[O-])cc2)o1)C(=O)Nc1ccc(S(N)(=O)=O)cc1. The smallest absolute Gasteiger partial charge is 0.375 e. The van der Waals surface area contributed by atoms with Crippen LogP contribution < -0.4 is 10.5 Å². The summed E-state index contributed by atoms with van der Waals surface area (Å²) in [5.74, 6) is -1.40. The lowest BCUT2D eigenvalue weighted by Gasteiger charge is -2.13. The minimum Gasteiger partial charge on any atom is -0.449 e. The molecule has 32 heavy (non-hydrogen) atoms. The van der Waals surface area contributed by atoms with Gasteiger partial charge in [-0.05, 0) is 55.5 Å². The van der Waals surface area contributed by atoms with Crippen LogP contribution in [0.2, 0.25) is 0 Å². The van der Waals surface area contributed by atoms with Crippen LogP contribution in [0.1, 0.15) is 17.5 Å². The first-order valence-electron chi connectivity index (χ1n) is 9.04. The Morgan fingerprint density at radius 3 is 2.25 bits per heavy atom. The zero-order valence-electron chi connectivity index (χ0n) is 16.5. The fourth-order valence-electron chi connectivity index (χ4n) is 2.59. The molecule has 0 unspecified atom stereocenters. The van der Waals surface area contributed by atoms with Gasteiger partial charge in [0.15, 0.2) is 6.10 Å². The first-order chi connectivity index (χ1) is 15.0. The van der Waals surface area contributed by atoms with Crippen LogP contribution in [-0.4, -0.2) is 31.3 Å². The maximum Gasteiger partial charge on any atom is 0.375 e. The Balaban J connectivity index is 1.61. The van der Waals surface area contributed by atoms with Gasteiger partial charge in [0.1, 0.15) is 5.76 Å². The highest BCUT2D eigenvalue weighted by atomic mass is 32.2. The van der Waals surface area contributed by atoms with Gasteiger partial charge < -0.3 is 14.5 Å². The van der Waals surface area contributed by atoms with Crippen LogP contribution >= 0.6 is 0 Å². The number of nitrogens with zero attached hydrogens (tertiary/aromatic N) is 1. The van der Waals surface area contributed by atoms with E-state index in [4.69, 9.17) is 14.3 Å². The van der Waals surface area contributed by atoms with Gasteiger partial charge in [-0.25, -0.2) is 18.4 Å². The zero-order chi connectivity index (χ0) is 23.5. The van der Waals surface area contributed by atoms with Crippen molar-refractivity contribution in [1.29, 1.82) is 0 Å². The molecule has 2 aromatic carbocycles. The van der Waals surface area contributed by atoms with Gasteiger partial charge in [0.25, 0.3) is 11.6 Å². The number of carbonyl (C=O) groups excluding carboxylic acids is 2. The van der Waals surface area contributed by atoms with Crippen LogP contribution in [0.3, 0.4) is 0 Å². The lowest BCUT2D eigenvalue weighted by atomic mass is 10.1. The number of rotatable bonds is 7. The lowest BCUT2D eigenvalue weighted by molar-refractivity contribution is -0.384. The van der Waals surface area contributed by atoms with Crippen LogP contribution in [0, 0.1) is 10.1 Å². The highest BCUT2D eigenvalue weighted by Crippen LogP contribution is 2.25. The van der Waals surface area contributed by atoms with Crippen molar-refractivity contribution in [2.45, 2.75) is 17.9 Å². The van der Waals surface area contributed by atoms with Crippen LogP contribution in [-0.2, 0) is 19.6 Å². The Hall–Kier alpha value is -4.03. The maximum atomic E-state index is 12.3. The van der Waals surface area contributed by atoms with Crippen LogP contribution in [0.15, 0.2) is 70.0 Å². The largest absolute Gasteiger partial charge is 0.449 e. The monoisotopic (exact) mass is 459 g/mol. The Labute approximate surface area is 182 Å². The summed E-state index contributed by atoms with van der Waals surface area (Å²) in [6, 6.07) is 13.5. The summed E-state index contributed by atoms with van der Waals surface area (Å²) in [7, 11) is -3.86. The molecule has 0 aliphatic carbocycles. The predicted molar refractivity (Wildman–Crippen MR) is 112 cm³/mol. The number of non-ortho nitro benzene ring substituents is 1. The van der Waals surface area contributed by atoms with Crippen LogP contribution in [0.5, 0.6) is 0 Å². The second-order valence-corrected chi connectivity index (χ2v) is 8.14. The molecular weight excluding hydrogens is 442 g/mol. The molecule has 0 fully saturated rings. The fourth-order valence-corrected chi connectivity index (χ4v) is 3.11. The number of nitro groups is 1. The fraction of sp³-hybridized carbons (Fsp3) is 0.100. The number of nitrogens with two attached hydrogens (primary N) is 1. The van der Waals surface area contributed by atoms with E-state index in [1.807, 2.05) is 0 Å². The van der Waals surface area contributed by atoms with E-state index in [1.165, 1.54) is 67.6 Å². The number of ether oxygens (including phenoxy) is 1. The Morgan fingerprint density at radius 1 is 1.06 bits per heavy atom. The molecule has 3 N–H and O–H groups in total. The number of nitro benzene ring substituents is 1. The molecule has 0 spiro atoms. The first kappa shape index (κ1) is 22.7. The van der Waals surface area contributed by atoms with Crippen molar-refractivity contribution in [2.75, 3.05) is 5.32 Å². The summed E-state index contributed by atoms with van der Waals surface area (Å²) in [5.41, 5.74) is 0.714. The van der Waals surface area contributed by atoms with E-state index in [-0.39, 0.29) is 22.0 Å². The molecule has 1 amide bonds. The number of hydrogen-bond acceptors (Lipinski definition) is 8. The van der Waals surface area contributed by atoms with Crippen LogP contribution in [0.25, 0.3) is 11.3 Å². The molecular formula is C20H17N3O8S. The minimum absolute atomic E-state index is 0.0842. The zero-order valence-corrected chi connectivity index (χ0v) is 17.4. The maximum absolute atomic E-state index is 12.3. The highest BCUT2D eigenvalue weighted by molar-refractivity contribution is 7.89. The summed E-state index contributed by atoms with van der Waals surface area (Å²) >= 11 is 0. The summed E-state index contributed by atoms with van der Waals surface area (Å²) in [4.78, 5) is 34.6. The van der Waals surface area contributed by atoms with E-state index in [0.717, 1.165) is 0 Å². The second-order valence-electron chi connectivity index (χ2n) is 6.57. The van der Waals surface area contributed by atoms with E-state index < -0.39 is 32.9 Å². The number of amides is 1. The van der Waals surface area contributed by atoms with Crippen molar-refractivity contribution in [2.24, 2.45) is 5.14 Å². The summed E-state index contributed by atoms with van der Waals surface area (Å²) in [5, 5.41) is 18.2. The standard InChI is InChI=1S/C20H17N3O8S/c1-12(19(24)22-14-4-8-16(9-5-14)32(21,28)29)30-20(25)18-11-10-17(31-18)13-2-6-15(7-3-13)23(26)27/h2-12H,1H3,(H,22,24)(H2,21,28,29)/t12-/m1/s1. The second kappa shape index (κ2) is 8.99. The van der Waals surface area contributed by atoms with E-state index in [1.54, 1.807) is 0 Å².